The average Bonchev–Trinajstić information content (AvgIpc) is 1.63. The molecule has 2 heteroatoms. The summed E-state index contributed by atoms with van der Waals surface area (Å²) in [6.45, 7) is 4.45. The Hall–Kier alpha value is 0.250. The van der Waals surface area contributed by atoms with Crippen LogP contribution in [0.4, 0.5) is 0 Å². The predicted molar refractivity (Wildman–Crippen MR) is 38.2 cm³/mol. The van der Waals surface area contributed by atoms with E-state index in [9.17, 15) is 0 Å². The van der Waals surface area contributed by atoms with Crippen molar-refractivity contribution in [3.63, 3.8) is 0 Å². The van der Waals surface area contributed by atoms with Crippen molar-refractivity contribution in [2.45, 2.75) is 32.7 Å². The Morgan fingerprint density at radius 3 is 1.88 bits per heavy atom. The molecule has 1 unspecified atom stereocenters. The van der Waals surface area contributed by atoms with Gasteiger partial charge in [0.2, 0.25) is 0 Å². The topological polar surface area (TPSA) is 26.0 Å². The summed E-state index contributed by atoms with van der Waals surface area (Å²) in [5.74, 6) is 0. The molecule has 0 spiro atoms. The summed E-state index contributed by atoms with van der Waals surface area (Å²) in [4.78, 5) is 0. The zero-order chi connectivity index (χ0) is 5.49. The minimum atomic E-state index is 0. The average molecular weight is 136 g/mol. The molecular weight excluding hydrogens is 122 g/mol. The Morgan fingerprint density at radius 2 is 1.88 bits per heavy atom. The van der Waals surface area contributed by atoms with E-state index in [0.29, 0.717) is 11.5 Å². The first-order valence-corrected chi connectivity index (χ1v) is 2.88. The van der Waals surface area contributed by atoms with Crippen LogP contribution in [-0.4, -0.2) is 6.04 Å². The van der Waals surface area contributed by atoms with Crippen LogP contribution in [0, 0.1) is 5.41 Å². The van der Waals surface area contributed by atoms with Gasteiger partial charge in [-0.05, 0) is 18.3 Å². The smallest absolute Gasteiger partial charge is 0.00905 e. The first-order valence-electron chi connectivity index (χ1n) is 2.88. The van der Waals surface area contributed by atoms with Gasteiger partial charge >= 0.3 is 0 Å². The lowest BCUT2D eigenvalue weighted by atomic mass is 9.68. The summed E-state index contributed by atoms with van der Waals surface area (Å²) in [6.07, 6.45) is 2.54. The molecule has 0 aromatic rings. The third-order valence-electron chi connectivity index (χ3n) is 2.10. The summed E-state index contributed by atoms with van der Waals surface area (Å²) in [5.41, 5.74) is 6.11. The van der Waals surface area contributed by atoms with Crippen molar-refractivity contribution in [1.82, 2.24) is 0 Å². The summed E-state index contributed by atoms with van der Waals surface area (Å²) >= 11 is 0. The highest BCUT2D eigenvalue weighted by molar-refractivity contribution is 5.85. The zero-order valence-corrected chi connectivity index (χ0v) is 6.29. The van der Waals surface area contributed by atoms with Gasteiger partial charge in [-0.3, -0.25) is 0 Å². The molecule has 0 aliphatic heterocycles. The van der Waals surface area contributed by atoms with Gasteiger partial charge in [0.05, 0.1) is 0 Å². The molecule has 0 heterocycles. The van der Waals surface area contributed by atoms with Crippen LogP contribution >= 0.6 is 12.4 Å². The van der Waals surface area contributed by atoms with Gasteiger partial charge < -0.3 is 5.73 Å². The second-order valence-electron chi connectivity index (χ2n) is 3.13. The molecule has 0 radical (unpaired) electrons. The van der Waals surface area contributed by atoms with Gasteiger partial charge in [0.25, 0.3) is 0 Å². The standard InChI is InChI=1S/C6H13N.ClH/c1-6(2)4-3-5(6)7;/h5H,3-4,7H2,1-2H3;1H. The van der Waals surface area contributed by atoms with E-state index in [0.717, 1.165) is 0 Å². The lowest BCUT2D eigenvalue weighted by molar-refractivity contribution is 0.144. The fourth-order valence-corrected chi connectivity index (χ4v) is 0.888. The Morgan fingerprint density at radius 1 is 1.50 bits per heavy atom. The zero-order valence-electron chi connectivity index (χ0n) is 5.48. The van der Waals surface area contributed by atoms with Crippen LogP contribution in [0.15, 0.2) is 0 Å². The van der Waals surface area contributed by atoms with Gasteiger partial charge in [0.15, 0.2) is 0 Å². The largest absolute Gasteiger partial charge is 0.327 e. The lowest BCUT2D eigenvalue weighted by Crippen LogP contribution is -2.46. The van der Waals surface area contributed by atoms with Crippen molar-refractivity contribution in [2.24, 2.45) is 11.1 Å². The van der Waals surface area contributed by atoms with E-state index in [-0.39, 0.29) is 12.4 Å². The fraction of sp³-hybridized carbons (Fsp3) is 1.00. The monoisotopic (exact) mass is 135 g/mol. The van der Waals surface area contributed by atoms with Crippen molar-refractivity contribution in [1.29, 1.82) is 0 Å². The number of halogens is 1. The lowest BCUT2D eigenvalue weighted by Gasteiger charge is -2.41. The Kier molecular flexibility index (Phi) is 2.31. The van der Waals surface area contributed by atoms with Crippen LogP contribution < -0.4 is 5.73 Å². The van der Waals surface area contributed by atoms with Crippen molar-refractivity contribution in [2.75, 3.05) is 0 Å². The molecule has 2 N–H and O–H groups in total. The maximum absolute atomic E-state index is 5.66. The first kappa shape index (κ1) is 8.25. The van der Waals surface area contributed by atoms with Crippen molar-refractivity contribution in [3.05, 3.63) is 0 Å². The van der Waals surface area contributed by atoms with Gasteiger partial charge in [0, 0.05) is 6.04 Å². The highest BCUT2D eigenvalue weighted by Gasteiger charge is 2.34. The van der Waals surface area contributed by atoms with E-state index in [1.54, 1.807) is 0 Å². The van der Waals surface area contributed by atoms with Crippen molar-refractivity contribution < 1.29 is 0 Å². The number of rotatable bonds is 0. The molecule has 50 valence electrons. The normalized spacial score (nSPS) is 32.6. The Bertz CT molecular complexity index is 80.6. The van der Waals surface area contributed by atoms with E-state index < -0.39 is 0 Å². The van der Waals surface area contributed by atoms with Gasteiger partial charge in [-0.25, -0.2) is 0 Å². The second kappa shape index (κ2) is 2.24. The summed E-state index contributed by atoms with van der Waals surface area (Å²) in [6, 6.07) is 0.479. The molecule has 1 nitrogen and oxygen atoms in total. The molecule has 0 amide bonds. The number of nitrogens with two attached hydrogens (primary N) is 1. The molecule has 8 heavy (non-hydrogen) atoms. The van der Waals surface area contributed by atoms with Crippen molar-refractivity contribution in [3.8, 4) is 0 Å². The maximum Gasteiger partial charge on any atom is 0.00905 e. The molecule has 1 rings (SSSR count). The highest BCUT2D eigenvalue weighted by atomic mass is 35.5. The fourth-order valence-electron chi connectivity index (χ4n) is 0.888. The van der Waals surface area contributed by atoms with E-state index >= 15 is 0 Å². The summed E-state index contributed by atoms with van der Waals surface area (Å²) in [5, 5.41) is 0. The second-order valence-corrected chi connectivity index (χ2v) is 3.13. The van der Waals surface area contributed by atoms with Crippen LogP contribution in [0.25, 0.3) is 0 Å². The third kappa shape index (κ3) is 1.15. The van der Waals surface area contributed by atoms with Crippen LogP contribution in [0.3, 0.4) is 0 Å². The van der Waals surface area contributed by atoms with E-state index in [1.807, 2.05) is 0 Å². The van der Waals surface area contributed by atoms with Gasteiger partial charge in [-0.15, -0.1) is 12.4 Å². The number of hydrogen-bond acceptors (Lipinski definition) is 1. The van der Waals surface area contributed by atoms with Gasteiger partial charge in [-0.2, -0.15) is 0 Å². The quantitative estimate of drug-likeness (QED) is 0.536. The number of hydrogen-bond donors (Lipinski definition) is 1. The molecule has 0 aromatic carbocycles. The molecule has 0 bridgehead atoms. The Balaban J connectivity index is 0.000000490. The molecule has 1 aliphatic rings. The molecule has 1 fully saturated rings. The molecule has 1 saturated carbocycles. The van der Waals surface area contributed by atoms with Gasteiger partial charge in [0.1, 0.15) is 0 Å². The molecule has 0 aromatic heterocycles. The first-order chi connectivity index (χ1) is 3.13. The summed E-state index contributed by atoms with van der Waals surface area (Å²) < 4.78 is 0. The van der Waals surface area contributed by atoms with Crippen molar-refractivity contribution >= 4 is 12.4 Å². The van der Waals surface area contributed by atoms with Crippen LogP contribution in [-0.2, 0) is 0 Å². The van der Waals surface area contributed by atoms with E-state index in [2.05, 4.69) is 13.8 Å². The minimum Gasteiger partial charge on any atom is -0.327 e. The molecule has 1 atom stereocenters. The predicted octanol–water partition coefficient (Wildman–Crippen LogP) is 1.56. The third-order valence-corrected chi connectivity index (χ3v) is 2.10. The minimum absolute atomic E-state index is 0. The molecule has 0 saturated heterocycles. The van der Waals surface area contributed by atoms with Crippen LogP contribution in [0.5, 0.6) is 0 Å². The summed E-state index contributed by atoms with van der Waals surface area (Å²) in [7, 11) is 0. The Labute approximate surface area is 57.1 Å². The van der Waals surface area contributed by atoms with E-state index in [4.69, 9.17) is 5.73 Å². The molecule has 1 aliphatic carbocycles. The van der Waals surface area contributed by atoms with E-state index in [1.165, 1.54) is 12.8 Å². The maximum atomic E-state index is 5.66. The van der Waals surface area contributed by atoms with Crippen LogP contribution in [0.1, 0.15) is 26.7 Å². The SMILES string of the molecule is CC1(C)CCC1N.Cl. The van der Waals surface area contributed by atoms with Crippen LogP contribution in [0.2, 0.25) is 0 Å². The molecular formula is C6H14ClN. The van der Waals surface area contributed by atoms with Gasteiger partial charge in [-0.1, -0.05) is 13.8 Å². The highest BCUT2D eigenvalue weighted by Crippen LogP contribution is 2.37.